The van der Waals surface area contributed by atoms with Gasteiger partial charge in [-0.2, -0.15) is 4.98 Å². The molecular formula is C22H26N10O12P2. The van der Waals surface area contributed by atoms with Crippen LogP contribution in [0.25, 0.3) is 22.3 Å². The number of aliphatic hydroxyl groups is 2. The number of fused-ring (bicyclic) bond motifs is 6. The van der Waals surface area contributed by atoms with Crippen molar-refractivity contribution >= 4 is 49.7 Å². The van der Waals surface area contributed by atoms with Gasteiger partial charge in [0.15, 0.2) is 28.9 Å². The molecule has 11 atom stereocenters. The minimum absolute atomic E-state index is 0.0855. The summed E-state index contributed by atoms with van der Waals surface area (Å²) < 4.78 is 56.4. The molecule has 4 fully saturated rings. The van der Waals surface area contributed by atoms with E-state index in [0.29, 0.717) is 12.1 Å². The van der Waals surface area contributed by atoms with Gasteiger partial charge >= 0.3 is 15.6 Å². The monoisotopic (exact) mass is 684 g/mol. The number of ether oxygens (including phenoxy) is 1. The molecule has 2 aliphatic carbocycles. The predicted octanol–water partition coefficient (Wildman–Crippen LogP) is -1.89. The normalized spacial score (nSPS) is 41.0. The molecule has 0 aromatic carbocycles. The number of nitrogen functional groups attached to an aromatic ring is 2. The maximum absolute atomic E-state index is 13.2. The number of aliphatic hydroxyl groups excluding tert-OH is 2. The molecule has 0 bridgehead atoms. The van der Waals surface area contributed by atoms with Crippen LogP contribution in [-0.2, 0) is 37.5 Å². The van der Waals surface area contributed by atoms with Crippen LogP contribution in [0.3, 0.4) is 0 Å². The van der Waals surface area contributed by atoms with Crippen molar-refractivity contribution in [1.82, 2.24) is 39.0 Å². The summed E-state index contributed by atoms with van der Waals surface area (Å²) in [6, 6.07) is 0. The minimum Gasteiger partial charge on any atom is -0.388 e. The fourth-order valence-corrected chi connectivity index (χ4v) is 8.85. The molecule has 0 amide bonds. The van der Waals surface area contributed by atoms with Crippen molar-refractivity contribution in [2.75, 3.05) is 24.7 Å². The van der Waals surface area contributed by atoms with Crippen LogP contribution in [0, 0.1) is 11.8 Å². The molecule has 46 heavy (non-hydrogen) atoms. The Kier molecular flexibility index (Phi) is 6.55. The summed E-state index contributed by atoms with van der Waals surface area (Å²) >= 11 is 0. The van der Waals surface area contributed by atoms with Crippen LogP contribution >= 0.6 is 15.6 Å². The minimum atomic E-state index is -4.99. The third kappa shape index (κ3) is 4.45. The van der Waals surface area contributed by atoms with Crippen molar-refractivity contribution in [1.29, 1.82) is 0 Å². The third-order valence-electron chi connectivity index (χ3n) is 8.98. The summed E-state index contributed by atoms with van der Waals surface area (Å²) in [5.41, 5.74) is 10.1. The first-order valence-corrected chi connectivity index (χ1v) is 16.8. The van der Waals surface area contributed by atoms with Crippen molar-refractivity contribution < 1.29 is 52.0 Å². The van der Waals surface area contributed by atoms with Crippen LogP contribution in [-0.4, -0.2) is 103 Å². The standard InChI is InChI=1S/C22H26N10O12P2/c23-16-10-17(26-4-25-16)32(6-28-10)22-1-8(22)7-2-40-45(36,37)44-14-9(3-41-46(38,39)43-13(7)15(22)34)42-20(12(14)33)31-5-27-11-18(31)29-21(24)30-19(11)35/h4-9,12-15,20,33-34H,1-3H2,(H,36,37)(H,38,39)(H2,23,25,26)(H3,24,29,30,35)/t7-,8-,9+,12+,13+,14+,15+,20+,22+/m0/s1. The second-order valence-electron chi connectivity index (χ2n) is 11.5. The number of phosphoric ester groups is 2. The smallest absolute Gasteiger partial charge is 0.388 e. The van der Waals surface area contributed by atoms with Crippen molar-refractivity contribution in [2.45, 2.75) is 48.7 Å². The lowest BCUT2D eigenvalue weighted by atomic mass is 10.0. The molecule has 6 heterocycles. The molecular weight excluding hydrogens is 658 g/mol. The van der Waals surface area contributed by atoms with Gasteiger partial charge in [0.05, 0.1) is 31.4 Å². The Hall–Kier alpha value is -3.40. The Morgan fingerprint density at radius 2 is 1.67 bits per heavy atom. The average Bonchev–Trinajstić information content (AvgIpc) is 3.25. The van der Waals surface area contributed by atoms with E-state index in [1.165, 1.54) is 12.7 Å². The Balaban J connectivity index is 1.10. The van der Waals surface area contributed by atoms with Crippen LogP contribution in [0.15, 0.2) is 23.8 Å². The van der Waals surface area contributed by atoms with Crippen LogP contribution < -0.4 is 17.0 Å². The summed E-state index contributed by atoms with van der Waals surface area (Å²) in [5, 5.41) is 22.7. The van der Waals surface area contributed by atoms with Crippen LogP contribution in [0.5, 0.6) is 0 Å². The molecule has 8 rings (SSSR count). The van der Waals surface area contributed by atoms with E-state index in [4.69, 9.17) is 34.3 Å². The fraction of sp³-hybridized carbons (Fsp3) is 0.545. The van der Waals surface area contributed by atoms with Gasteiger partial charge in [-0.3, -0.25) is 32.4 Å². The predicted molar refractivity (Wildman–Crippen MR) is 149 cm³/mol. The number of aromatic amines is 1. The third-order valence-corrected chi connectivity index (χ3v) is 10.9. The zero-order valence-electron chi connectivity index (χ0n) is 23.2. The second-order valence-corrected chi connectivity index (χ2v) is 14.3. The summed E-state index contributed by atoms with van der Waals surface area (Å²) in [5.74, 6) is -1.57. The van der Waals surface area contributed by atoms with Crippen molar-refractivity contribution in [3.63, 3.8) is 0 Å². The number of phosphoric acid groups is 2. The molecule has 2 saturated carbocycles. The van der Waals surface area contributed by atoms with E-state index < -0.39 is 88.5 Å². The topological polar surface area (TPSA) is 320 Å². The summed E-state index contributed by atoms with van der Waals surface area (Å²) in [7, 11) is -9.96. The number of hydrogen-bond donors (Lipinski definition) is 7. The number of anilines is 2. The molecule has 0 spiro atoms. The van der Waals surface area contributed by atoms with Gasteiger partial charge in [-0.1, -0.05) is 0 Å². The van der Waals surface area contributed by atoms with E-state index in [1.54, 1.807) is 4.57 Å². The zero-order chi connectivity index (χ0) is 32.3. The molecule has 0 radical (unpaired) electrons. The van der Waals surface area contributed by atoms with E-state index in [1.807, 2.05) is 0 Å². The van der Waals surface area contributed by atoms with E-state index in [-0.39, 0.29) is 28.4 Å². The lowest BCUT2D eigenvalue weighted by Gasteiger charge is -2.31. The van der Waals surface area contributed by atoms with Gasteiger partial charge in [0.2, 0.25) is 5.95 Å². The Morgan fingerprint density at radius 3 is 2.46 bits per heavy atom. The maximum atomic E-state index is 13.2. The summed E-state index contributed by atoms with van der Waals surface area (Å²) in [4.78, 5) is 56.4. The highest BCUT2D eigenvalue weighted by atomic mass is 31.2. The Morgan fingerprint density at radius 1 is 0.957 bits per heavy atom. The first-order valence-electron chi connectivity index (χ1n) is 13.8. The van der Waals surface area contributed by atoms with Gasteiger partial charge in [-0.05, 0) is 12.3 Å². The maximum Gasteiger partial charge on any atom is 0.472 e. The van der Waals surface area contributed by atoms with Crippen molar-refractivity contribution in [2.24, 2.45) is 11.8 Å². The van der Waals surface area contributed by atoms with Crippen LogP contribution in [0.1, 0.15) is 12.6 Å². The molecule has 4 aromatic heterocycles. The lowest BCUT2D eigenvalue weighted by Crippen LogP contribution is -2.41. The largest absolute Gasteiger partial charge is 0.472 e. The van der Waals surface area contributed by atoms with Gasteiger partial charge in [0, 0.05) is 5.92 Å². The van der Waals surface area contributed by atoms with Crippen molar-refractivity contribution in [3.05, 3.63) is 29.3 Å². The summed E-state index contributed by atoms with van der Waals surface area (Å²) in [6.45, 7) is -1.36. The number of nitrogens with two attached hydrogens (primary N) is 2. The zero-order valence-corrected chi connectivity index (χ0v) is 25.0. The fourth-order valence-electron chi connectivity index (χ4n) is 6.89. The van der Waals surface area contributed by atoms with Gasteiger partial charge in [-0.15, -0.1) is 0 Å². The Bertz CT molecular complexity index is 2040. The molecule has 24 heteroatoms. The molecule has 22 nitrogen and oxygen atoms in total. The average molecular weight is 684 g/mol. The Labute approximate surface area is 255 Å². The number of H-pyrrole nitrogens is 1. The first-order chi connectivity index (χ1) is 21.8. The van der Waals surface area contributed by atoms with Crippen LogP contribution in [0.2, 0.25) is 0 Å². The van der Waals surface area contributed by atoms with E-state index >= 15 is 0 Å². The number of rotatable bonds is 2. The molecule has 9 N–H and O–H groups in total. The number of imidazole rings is 2. The molecule has 4 aliphatic rings. The molecule has 2 aliphatic heterocycles. The summed E-state index contributed by atoms with van der Waals surface area (Å²) in [6.07, 6.45) is -5.10. The van der Waals surface area contributed by atoms with Gasteiger partial charge < -0.3 is 40.8 Å². The highest BCUT2D eigenvalue weighted by Crippen LogP contribution is 2.68. The number of hydrogen-bond acceptors (Lipinski definition) is 17. The van der Waals surface area contributed by atoms with Crippen LogP contribution in [0.4, 0.5) is 11.8 Å². The van der Waals surface area contributed by atoms with E-state index in [0.717, 1.165) is 10.9 Å². The van der Waals surface area contributed by atoms with Gasteiger partial charge in [0.25, 0.3) is 5.56 Å². The highest BCUT2D eigenvalue weighted by molar-refractivity contribution is 7.47. The van der Waals surface area contributed by atoms with Crippen molar-refractivity contribution in [3.8, 4) is 0 Å². The van der Waals surface area contributed by atoms with E-state index in [2.05, 4.69) is 29.9 Å². The van der Waals surface area contributed by atoms with E-state index in [9.17, 15) is 33.9 Å². The van der Waals surface area contributed by atoms with Gasteiger partial charge in [0.1, 0.15) is 42.4 Å². The quantitative estimate of drug-likeness (QED) is 0.113. The molecule has 4 aromatic rings. The lowest BCUT2D eigenvalue weighted by molar-refractivity contribution is -0.0652. The molecule has 2 saturated heterocycles. The SMILES string of the molecule is Nc1nc2c(ncn2[C@@H]2O[C@@H]3COP(=O)(O)O[C@@H]4[C@@H](COP(=O)(O)O[C@H]3[C@H]2O)[C@@H]2C[C@]2(n2cnc3c(N)ncnc32)[C@@H]4O)c(=O)[nH]1. The van der Waals surface area contributed by atoms with Gasteiger partial charge in [-0.25, -0.2) is 29.1 Å². The first kappa shape index (κ1) is 30.0. The molecule has 246 valence electrons. The number of nitrogens with zero attached hydrogens (tertiary/aromatic N) is 7. The molecule has 2 unspecified atom stereocenters. The number of nitrogens with one attached hydrogen (secondary N) is 1. The number of aromatic nitrogens is 8. The second kappa shape index (κ2) is 10.1. The highest BCUT2D eigenvalue weighted by Gasteiger charge is 2.74.